The average Bonchev–Trinajstić information content (AvgIpc) is 2.45. The van der Waals surface area contributed by atoms with E-state index >= 15 is 0 Å². The SMILES string of the molecule is Cc1ccccc1CNC1=NCCN(C(=O)OC(C)(C)C)C1. The summed E-state index contributed by atoms with van der Waals surface area (Å²) >= 11 is 0. The van der Waals surface area contributed by atoms with Crippen LogP contribution in [0.2, 0.25) is 0 Å². The lowest BCUT2D eigenvalue weighted by Gasteiger charge is -2.30. The molecule has 1 aromatic carbocycles. The first kappa shape index (κ1) is 16.3. The second-order valence-corrected chi connectivity index (χ2v) is 6.51. The van der Waals surface area contributed by atoms with E-state index in [9.17, 15) is 4.79 Å². The number of carbonyl (C=O) groups is 1. The molecule has 0 spiro atoms. The molecule has 0 aliphatic carbocycles. The van der Waals surface area contributed by atoms with Gasteiger partial charge in [0.25, 0.3) is 0 Å². The summed E-state index contributed by atoms with van der Waals surface area (Å²) in [5.41, 5.74) is 2.01. The van der Waals surface area contributed by atoms with Gasteiger partial charge in [-0.1, -0.05) is 24.3 Å². The predicted octanol–water partition coefficient (Wildman–Crippen LogP) is 2.73. The van der Waals surface area contributed by atoms with Crippen LogP contribution in [0.1, 0.15) is 31.9 Å². The number of aryl methyl sites for hydroxylation is 1. The zero-order chi connectivity index (χ0) is 16.2. The van der Waals surface area contributed by atoms with Gasteiger partial charge in [-0.2, -0.15) is 0 Å². The van der Waals surface area contributed by atoms with Crippen molar-refractivity contribution in [1.29, 1.82) is 0 Å². The zero-order valence-electron chi connectivity index (χ0n) is 13.8. The van der Waals surface area contributed by atoms with Gasteiger partial charge in [0, 0.05) is 13.1 Å². The maximum absolute atomic E-state index is 12.1. The normalized spacial score (nSPS) is 15.3. The van der Waals surface area contributed by atoms with Crippen LogP contribution in [0.25, 0.3) is 0 Å². The maximum Gasteiger partial charge on any atom is 0.410 e. The summed E-state index contributed by atoms with van der Waals surface area (Å²) in [4.78, 5) is 18.3. The first-order chi connectivity index (χ1) is 10.3. The number of hydrogen-bond acceptors (Lipinski definition) is 4. The Bertz CT molecular complexity index is 561. The van der Waals surface area contributed by atoms with E-state index in [0.29, 0.717) is 26.2 Å². The number of hydrogen-bond donors (Lipinski definition) is 1. The van der Waals surface area contributed by atoms with Crippen molar-refractivity contribution in [2.75, 3.05) is 19.6 Å². The van der Waals surface area contributed by atoms with Crippen LogP contribution in [0.3, 0.4) is 0 Å². The van der Waals surface area contributed by atoms with Crippen molar-refractivity contribution >= 4 is 11.9 Å². The molecule has 5 nitrogen and oxygen atoms in total. The second-order valence-electron chi connectivity index (χ2n) is 6.51. The minimum absolute atomic E-state index is 0.280. The topological polar surface area (TPSA) is 53.9 Å². The van der Waals surface area contributed by atoms with Crippen molar-refractivity contribution < 1.29 is 9.53 Å². The average molecular weight is 303 g/mol. The third-order valence-corrected chi connectivity index (χ3v) is 3.41. The lowest BCUT2D eigenvalue weighted by atomic mass is 10.1. The molecule has 1 N–H and O–H groups in total. The Morgan fingerprint density at radius 1 is 1.36 bits per heavy atom. The molecule has 5 heteroatoms. The smallest absolute Gasteiger partial charge is 0.410 e. The number of aliphatic imine (C=N–C) groups is 1. The molecule has 0 unspecified atom stereocenters. The van der Waals surface area contributed by atoms with Gasteiger partial charge in [0.2, 0.25) is 0 Å². The van der Waals surface area contributed by atoms with Crippen LogP contribution < -0.4 is 5.32 Å². The Hall–Kier alpha value is -2.04. The standard InChI is InChI=1S/C17H25N3O2/c1-13-7-5-6-8-14(13)11-19-15-12-20(10-9-18-15)16(21)22-17(2,3)4/h5-8H,9-12H2,1-4H3,(H,18,19). The molecular weight excluding hydrogens is 278 g/mol. The molecule has 0 bridgehead atoms. The molecule has 1 aliphatic heterocycles. The fraction of sp³-hybridized carbons (Fsp3) is 0.529. The molecule has 22 heavy (non-hydrogen) atoms. The van der Waals surface area contributed by atoms with Gasteiger partial charge in [0.15, 0.2) is 0 Å². The number of amidine groups is 1. The lowest BCUT2D eigenvalue weighted by Crippen LogP contribution is -2.47. The first-order valence-electron chi connectivity index (χ1n) is 7.65. The number of benzene rings is 1. The molecule has 0 aromatic heterocycles. The number of rotatable bonds is 2. The van der Waals surface area contributed by atoms with E-state index in [1.54, 1.807) is 4.90 Å². The molecule has 0 fully saturated rings. The lowest BCUT2D eigenvalue weighted by molar-refractivity contribution is 0.0276. The highest BCUT2D eigenvalue weighted by Gasteiger charge is 2.24. The van der Waals surface area contributed by atoms with Crippen molar-refractivity contribution in [1.82, 2.24) is 10.2 Å². The summed E-state index contributed by atoms with van der Waals surface area (Å²) in [6.45, 7) is 10.1. The van der Waals surface area contributed by atoms with Gasteiger partial charge in [-0.3, -0.25) is 9.89 Å². The number of carbonyl (C=O) groups excluding carboxylic acids is 1. The van der Waals surface area contributed by atoms with Crippen LogP contribution in [-0.4, -0.2) is 42.1 Å². The van der Waals surface area contributed by atoms with E-state index in [2.05, 4.69) is 29.4 Å². The molecular formula is C17H25N3O2. The van der Waals surface area contributed by atoms with E-state index < -0.39 is 5.60 Å². The van der Waals surface area contributed by atoms with E-state index in [-0.39, 0.29) is 6.09 Å². The van der Waals surface area contributed by atoms with E-state index in [4.69, 9.17) is 4.74 Å². The van der Waals surface area contributed by atoms with Crippen LogP contribution in [0.4, 0.5) is 4.79 Å². The van der Waals surface area contributed by atoms with E-state index in [1.807, 2.05) is 32.9 Å². The Labute approximate surface area is 132 Å². The zero-order valence-corrected chi connectivity index (χ0v) is 13.8. The molecule has 0 saturated heterocycles. The summed E-state index contributed by atoms with van der Waals surface area (Å²) in [6.07, 6.45) is -0.280. The van der Waals surface area contributed by atoms with Gasteiger partial charge in [0.1, 0.15) is 11.4 Å². The molecule has 1 aromatic rings. The highest BCUT2D eigenvalue weighted by Crippen LogP contribution is 2.11. The number of nitrogens with one attached hydrogen (secondary N) is 1. The third kappa shape index (κ3) is 4.76. The summed E-state index contributed by atoms with van der Waals surface area (Å²) in [6, 6.07) is 8.24. The minimum Gasteiger partial charge on any atom is -0.444 e. The minimum atomic E-state index is -0.472. The highest BCUT2D eigenvalue weighted by molar-refractivity contribution is 5.87. The fourth-order valence-electron chi connectivity index (χ4n) is 2.22. The van der Waals surface area contributed by atoms with Crippen LogP contribution in [-0.2, 0) is 11.3 Å². The van der Waals surface area contributed by atoms with Crippen LogP contribution >= 0.6 is 0 Å². The van der Waals surface area contributed by atoms with E-state index in [1.165, 1.54) is 11.1 Å². The van der Waals surface area contributed by atoms with Crippen molar-refractivity contribution in [3.8, 4) is 0 Å². The van der Waals surface area contributed by atoms with Gasteiger partial charge in [-0.25, -0.2) is 4.79 Å². The van der Waals surface area contributed by atoms with Crippen molar-refractivity contribution in [3.63, 3.8) is 0 Å². The number of ether oxygens (including phenoxy) is 1. The van der Waals surface area contributed by atoms with Gasteiger partial charge in [-0.15, -0.1) is 0 Å². The largest absolute Gasteiger partial charge is 0.444 e. The Morgan fingerprint density at radius 3 is 2.77 bits per heavy atom. The molecule has 0 saturated carbocycles. The summed E-state index contributed by atoms with van der Waals surface area (Å²) in [5.74, 6) is 0.834. The molecule has 1 heterocycles. The van der Waals surface area contributed by atoms with Crippen molar-refractivity contribution in [3.05, 3.63) is 35.4 Å². The summed E-state index contributed by atoms with van der Waals surface area (Å²) in [7, 11) is 0. The monoisotopic (exact) mass is 303 g/mol. The molecule has 1 amide bonds. The number of amides is 1. The third-order valence-electron chi connectivity index (χ3n) is 3.41. The molecule has 1 aliphatic rings. The Kier molecular flexibility index (Phi) is 5.06. The molecule has 120 valence electrons. The highest BCUT2D eigenvalue weighted by atomic mass is 16.6. The number of nitrogens with zero attached hydrogens (tertiary/aromatic N) is 2. The molecule has 2 rings (SSSR count). The fourth-order valence-corrected chi connectivity index (χ4v) is 2.22. The Balaban J connectivity index is 1.90. The predicted molar refractivity (Wildman–Crippen MR) is 88.1 cm³/mol. The van der Waals surface area contributed by atoms with Crippen LogP contribution in [0, 0.1) is 6.92 Å². The van der Waals surface area contributed by atoms with Crippen LogP contribution in [0.15, 0.2) is 29.3 Å². The Morgan fingerprint density at radius 2 is 2.09 bits per heavy atom. The van der Waals surface area contributed by atoms with Gasteiger partial charge >= 0.3 is 6.09 Å². The summed E-state index contributed by atoms with van der Waals surface area (Å²) < 4.78 is 5.41. The second kappa shape index (κ2) is 6.81. The summed E-state index contributed by atoms with van der Waals surface area (Å²) in [5, 5.41) is 3.33. The maximum atomic E-state index is 12.1. The van der Waals surface area contributed by atoms with E-state index in [0.717, 1.165) is 5.84 Å². The van der Waals surface area contributed by atoms with Gasteiger partial charge in [0.05, 0.1) is 13.1 Å². The quantitative estimate of drug-likeness (QED) is 0.914. The molecule has 0 atom stereocenters. The van der Waals surface area contributed by atoms with Crippen LogP contribution in [0.5, 0.6) is 0 Å². The van der Waals surface area contributed by atoms with Gasteiger partial charge in [-0.05, 0) is 38.8 Å². The van der Waals surface area contributed by atoms with Crippen molar-refractivity contribution in [2.45, 2.75) is 39.8 Å². The molecule has 0 radical (unpaired) electrons. The van der Waals surface area contributed by atoms with Gasteiger partial charge < -0.3 is 10.1 Å². The van der Waals surface area contributed by atoms with Crippen molar-refractivity contribution in [2.24, 2.45) is 4.99 Å². The first-order valence-corrected chi connectivity index (χ1v) is 7.65.